The Labute approximate surface area is 118 Å². The van der Waals surface area contributed by atoms with E-state index in [2.05, 4.69) is 4.98 Å². The minimum absolute atomic E-state index is 0.0831. The lowest BCUT2D eigenvalue weighted by atomic mass is 10.3. The van der Waals surface area contributed by atoms with Crippen molar-refractivity contribution >= 4 is 45.6 Å². The molecule has 0 atom stereocenters. The monoisotopic (exact) mass is 296 g/mol. The summed E-state index contributed by atoms with van der Waals surface area (Å²) >= 11 is 6.89. The van der Waals surface area contributed by atoms with Crippen molar-refractivity contribution in [3.8, 4) is 0 Å². The van der Waals surface area contributed by atoms with Crippen LogP contribution in [0, 0.1) is 0 Å². The van der Waals surface area contributed by atoms with Crippen molar-refractivity contribution in [1.29, 1.82) is 0 Å². The fourth-order valence-corrected chi connectivity index (χ4v) is 2.47. The van der Waals surface area contributed by atoms with Crippen LogP contribution in [-0.2, 0) is 4.79 Å². The molecular weight excluding hydrogens is 288 g/mol. The molecule has 0 bridgehead atoms. The average molecular weight is 297 g/mol. The summed E-state index contributed by atoms with van der Waals surface area (Å²) in [4.78, 5) is 27.8. The van der Waals surface area contributed by atoms with Gasteiger partial charge in [-0.05, 0) is 24.3 Å². The van der Waals surface area contributed by atoms with Crippen LogP contribution < -0.4 is 4.90 Å². The Hall–Kier alpha value is -1.92. The highest BCUT2D eigenvalue weighted by molar-refractivity contribution is 7.14. The minimum atomic E-state index is -1.12. The van der Waals surface area contributed by atoms with E-state index >= 15 is 0 Å². The van der Waals surface area contributed by atoms with Gasteiger partial charge in [0.25, 0.3) is 0 Å². The molecule has 98 valence electrons. The molecule has 1 heterocycles. The van der Waals surface area contributed by atoms with E-state index in [4.69, 9.17) is 16.7 Å². The van der Waals surface area contributed by atoms with Gasteiger partial charge in [0.15, 0.2) is 10.8 Å². The molecule has 0 saturated heterocycles. The summed E-state index contributed by atoms with van der Waals surface area (Å²) in [5, 5.41) is 11.1. The van der Waals surface area contributed by atoms with Gasteiger partial charge in [-0.15, -0.1) is 11.3 Å². The van der Waals surface area contributed by atoms with E-state index in [9.17, 15) is 9.59 Å². The molecule has 0 fully saturated rings. The molecule has 0 radical (unpaired) electrons. The maximum Gasteiger partial charge on any atom is 0.355 e. The molecule has 0 saturated carbocycles. The highest BCUT2D eigenvalue weighted by Crippen LogP contribution is 2.29. The van der Waals surface area contributed by atoms with Gasteiger partial charge in [0.1, 0.15) is 0 Å². The number of thiazole rings is 1. The van der Waals surface area contributed by atoms with E-state index in [0.29, 0.717) is 15.8 Å². The topological polar surface area (TPSA) is 70.5 Å². The predicted molar refractivity (Wildman–Crippen MR) is 73.3 cm³/mol. The smallest absolute Gasteiger partial charge is 0.355 e. The van der Waals surface area contributed by atoms with Crippen molar-refractivity contribution in [1.82, 2.24) is 4.98 Å². The summed E-state index contributed by atoms with van der Waals surface area (Å²) in [5.41, 5.74) is 0.503. The number of nitrogens with zero attached hydrogens (tertiary/aromatic N) is 2. The Kier molecular flexibility index (Phi) is 3.82. The number of hydrogen-bond acceptors (Lipinski definition) is 4. The third-order valence-corrected chi connectivity index (χ3v) is 3.38. The number of carboxylic acid groups (broad SMARTS) is 1. The second-order valence-electron chi connectivity index (χ2n) is 3.65. The highest BCUT2D eigenvalue weighted by atomic mass is 35.5. The molecule has 19 heavy (non-hydrogen) atoms. The lowest BCUT2D eigenvalue weighted by Crippen LogP contribution is -2.22. The third-order valence-electron chi connectivity index (χ3n) is 2.30. The van der Waals surface area contributed by atoms with Crippen molar-refractivity contribution in [3.05, 3.63) is 40.4 Å². The predicted octanol–water partition coefficient (Wildman–Crippen LogP) is 3.18. The summed E-state index contributed by atoms with van der Waals surface area (Å²) in [6.07, 6.45) is 0. The van der Waals surface area contributed by atoms with Gasteiger partial charge < -0.3 is 5.11 Å². The van der Waals surface area contributed by atoms with E-state index in [1.54, 1.807) is 24.3 Å². The molecule has 0 aliphatic carbocycles. The molecule has 0 spiro atoms. The van der Waals surface area contributed by atoms with E-state index in [1.807, 2.05) is 0 Å². The number of anilines is 2. The van der Waals surface area contributed by atoms with Crippen LogP contribution in [0.15, 0.2) is 29.6 Å². The van der Waals surface area contributed by atoms with Gasteiger partial charge in [0.2, 0.25) is 5.91 Å². The van der Waals surface area contributed by atoms with Crippen LogP contribution in [-0.4, -0.2) is 22.0 Å². The zero-order valence-electron chi connectivity index (χ0n) is 9.83. The van der Waals surface area contributed by atoms with Gasteiger partial charge in [-0.3, -0.25) is 9.69 Å². The number of carbonyl (C=O) groups is 2. The number of aromatic carboxylic acids is 1. The maximum atomic E-state index is 11.7. The van der Waals surface area contributed by atoms with Crippen molar-refractivity contribution in [2.45, 2.75) is 6.92 Å². The van der Waals surface area contributed by atoms with E-state index < -0.39 is 5.97 Å². The molecule has 2 aromatic rings. The summed E-state index contributed by atoms with van der Waals surface area (Å²) in [6.45, 7) is 1.39. The standard InChI is InChI=1S/C12H9ClN2O3S/c1-7(16)15(9-4-2-8(13)3-5-9)12-14-10(6-19-12)11(17)18/h2-6H,1H3,(H,17,18). The normalized spacial score (nSPS) is 10.2. The molecule has 2 rings (SSSR count). The van der Waals surface area contributed by atoms with Gasteiger partial charge in [-0.2, -0.15) is 0 Å². The maximum absolute atomic E-state index is 11.7. The largest absolute Gasteiger partial charge is 0.476 e. The number of carbonyl (C=O) groups excluding carboxylic acids is 1. The Balaban J connectivity index is 2.42. The molecular formula is C12H9ClN2O3S. The van der Waals surface area contributed by atoms with Crippen molar-refractivity contribution in [3.63, 3.8) is 0 Å². The summed E-state index contributed by atoms with van der Waals surface area (Å²) in [7, 11) is 0. The van der Waals surface area contributed by atoms with Crippen LogP contribution in [0.3, 0.4) is 0 Å². The van der Waals surface area contributed by atoms with Gasteiger partial charge >= 0.3 is 5.97 Å². The number of carboxylic acids is 1. The van der Waals surface area contributed by atoms with Crippen LogP contribution in [0.25, 0.3) is 0 Å². The minimum Gasteiger partial charge on any atom is -0.476 e. The van der Waals surface area contributed by atoms with E-state index in [0.717, 1.165) is 11.3 Å². The zero-order valence-corrected chi connectivity index (χ0v) is 11.4. The Morgan fingerprint density at radius 2 is 1.95 bits per heavy atom. The van der Waals surface area contributed by atoms with Crippen LogP contribution in [0.4, 0.5) is 10.8 Å². The van der Waals surface area contributed by atoms with Gasteiger partial charge in [0.05, 0.1) is 5.69 Å². The molecule has 0 aliphatic rings. The molecule has 1 aromatic heterocycles. The summed E-state index contributed by atoms with van der Waals surface area (Å²) in [5.74, 6) is -1.38. The van der Waals surface area contributed by atoms with Gasteiger partial charge in [0, 0.05) is 17.3 Å². The molecule has 1 aromatic carbocycles. The Morgan fingerprint density at radius 3 is 2.42 bits per heavy atom. The quantitative estimate of drug-likeness (QED) is 0.944. The van der Waals surface area contributed by atoms with Crippen LogP contribution in [0.2, 0.25) is 5.02 Å². The molecule has 1 amide bonds. The van der Waals surface area contributed by atoms with Crippen molar-refractivity contribution in [2.24, 2.45) is 0 Å². The summed E-state index contributed by atoms with van der Waals surface area (Å²) < 4.78 is 0. The third kappa shape index (κ3) is 2.91. The van der Waals surface area contributed by atoms with Crippen molar-refractivity contribution in [2.75, 3.05) is 4.90 Å². The SMILES string of the molecule is CC(=O)N(c1ccc(Cl)cc1)c1nc(C(=O)O)cs1. The van der Waals surface area contributed by atoms with E-state index in [1.165, 1.54) is 17.2 Å². The molecule has 7 heteroatoms. The first-order valence-corrected chi connectivity index (χ1v) is 6.50. The Bertz CT molecular complexity index is 624. The number of rotatable bonds is 3. The van der Waals surface area contributed by atoms with Gasteiger partial charge in [-0.1, -0.05) is 11.6 Å². The first kappa shape index (κ1) is 13.5. The first-order valence-electron chi connectivity index (χ1n) is 5.24. The number of benzene rings is 1. The van der Waals surface area contributed by atoms with Crippen LogP contribution in [0.1, 0.15) is 17.4 Å². The second-order valence-corrected chi connectivity index (χ2v) is 4.92. The zero-order chi connectivity index (χ0) is 14.0. The number of halogens is 1. The molecule has 5 nitrogen and oxygen atoms in total. The number of amides is 1. The number of aromatic nitrogens is 1. The first-order chi connectivity index (χ1) is 8.99. The van der Waals surface area contributed by atoms with Gasteiger partial charge in [-0.25, -0.2) is 9.78 Å². The van der Waals surface area contributed by atoms with Crippen LogP contribution >= 0.6 is 22.9 Å². The second kappa shape index (κ2) is 5.38. The fourth-order valence-electron chi connectivity index (χ4n) is 1.48. The fraction of sp³-hybridized carbons (Fsp3) is 0.0833. The lowest BCUT2D eigenvalue weighted by Gasteiger charge is -2.17. The Morgan fingerprint density at radius 1 is 1.32 bits per heavy atom. The summed E-state index contributed by atoms with van der Waals surface area (Å²) in [6, 6.07) is 6.65. The average Bonchev–Trinajstić information content (AvgIpc) is 2.81. The molecule has 1 N–H and O–H groups in total. The van der Waals surface area contributed by atoms with E-state index in [-0.39, 0.29) is 11.6 Å². The highest BCUT2D eigenvalue weighted by Gasteiger charge is 2.19. The molecule has 0 aliphatic heterocycles. The van der Waals surface area contributed by atoms with Crippen molar-refractivity contribution < 1.29 is 14.7 Å². The molecule has 0 unspecified atom stereocenters. The lowest BCUT2D eigenvalue weighted by molar-refractivity contribution is -0.115. The van der Waals surface area contributed by atoms with Crippen LogP contribution in [0.5, 0.6) is 0 Å². The number of hydrogen-bond donors (Lipinski definition) is 1.